The molecule has 2 nitrogen and oxygen atoms in total. The maximum Gasteiger partial charge on any atom is 0.182 e. The first-order valence-electron chi connectivity index (χ1n) is 3.83. The van der Waals surface area contributed by atoms with Gasteiger partial charge in [-0.25, -0.2) is 0 Å². The van der Waals surface area contributed by atoms with Gasteiger partial charge in [0.1, 0.15) is 5.76 Å². The lowest BCUT2D eigenvalue weighted by Gasteiger charge is -1.99. The lowest BCUT2D eigenvalue weighted by Crippen LogP contribution is -1.93. The summed E-state index contributed by atoms with van der Waals surface area (Å²) in [6.45, 7) is 4.06. The van der Waals surface area contributed by atoms with Crippen LogP contribution in [0.4, 0.5) is 0 Å². The summed E-state index contributed by atoms with van der Waals surface area (Å²) in [5, 5.41) is 0.492. The summed E-state index contributed by atoms with van der Waals surface area (Å²) in [6, 6.07) is 3.60. The minimum atomic E-state index is -2.18. The van der Waals surface area contributed by atoms with Gasteiger partial charge in [-0.05, 0) is 18.0 Å². The van der Waals surface area contributed by atoms with Crippen molar-refractivity contribution in [3.05, 3.63) is 17.9 Å². The zero-order valence-corrected chi connectivity index (χ0v) is 8.48. The fraction of sp³-hybridized carbons (Fsp3) is 0.444. The fourth-order valence-electron chi connectivity index (χ4n) is 0.877. The molecule has 0 spiro atoms. The molecule has 1 aromatic heterocycles. The third-order valence-electron chi connectivity index (χ3n) is 1.60. The third-order valence-corrected chi connectivity index (χ3v) is 2.67. The van der Waals surface area contributed by atoms with Crippen LogP contribution in [0.15, 0.2) is 21.6 Å². The Morgan fingerprint density at radius 3 is 2.33 bits per heavy atom. The topological polar surface area (TPSA) is 30.2 Å². The van der Waals surface area contributed by atoms with Gasteiger partial charge in [0.15, 0.2) is 5.09 Å². The molecule has 0 radical (unpaired) electrons. The van der Waals surface area contributed by atoms with E-state index < -0.39 is 9.52 Å². The van der Waals surface area contributed by atoms with Crippen molar-refractivity contribution < 1.29 is 8.63 Å². The Kier molecular flexibility index (Phi) is 2.33. The monoisotopic (exact) mass is 186 g/mol. The van der Waals surface area contributed by atoms with E-state index in [0.29, 0.717) is 11.0 Å². The van der Waals surface area contributed by atoms with Gasteiger partial charge in [-0.2, -0.15) is 0 Å². The Hall–Kier alpha value is -0.700. The molecule has 1 unspecified atom stereocenters. The van der Waals surface area contributed by atoms with Gasteiger partial charge in [0.2, 0.25) is 0 Å². The van der Waals surface area contributed by atoms with Gasteiger partial charge in [0.25, 0.3) is 0 Å². The van der Waals surface area contributed by atoms with E-state index in [4.69, 9.17) is 4.42 Å². The van der Waals surface area contributed by atoms with Crippen LogP contribution < -0.4 is 0 Å². The zero-order valence-electron chi connectivity index (χ0n) is 7.66. The third kappa shape index (κ3) is 1.91. The molecule has 0 aliphatic rings. The van der Waals surface area contributed by atoms with Gasteiger partial charge in [-0.15, -0.1) is 0 Å². The maximum atomic E-state index is 11.4. The van der Waals surface area contributed by atoms with E-state index in [2.05, 4.69) is 5.87 Å². The van der Waals surface area contributed by atoms with Crippen LogP contribution in [-0.4, -0.2) is 16.3 Å². The van der Waals surface area contributed by atoms with Crippen LogP contribution in [0.5, 0.6) is 0 Å². The summed E-state index contributed by atoms with van der Waals surface area (Å²) in [4.78, 5) is 0. The summed E-state index contributed by atoms with van der Waals surface area (Å²) in [7, 11) is -2.18. The lowest BCUT2D eigenvalue weighted by atomic mass is 10.2. The predicted octanol–water partition coefficient (Wildman–Crippen LogP) is 2.11. The second-order valence-electron chi connectivity index (χ2n) is 3.32. The summed E-state index contributed by atoms with van der Waals surface area (Å²) in [6.07, 6.45) is 1.58. The van der Waals surface area contributed by atoms with Crippen LogP contribution in [0.1, 0.15) is 25.5 Å². The van der Waals surface area contributed by atoms with Crippen LogP contribution >= 0.6 is 0 Å². The zero-order chi connectivity index (χ0) is 9.35. The molecule has 0 saturated heterocycles. The van der Waals surface area contributed by atoms with Gasteiger partial charge in [-0.1, -0.05) is 13.8 Å². The van der Waals surface area contributed by atoms with Gasteiger partial charge < -0.3 is 4.42 Å². The van der Waals surface area contributed by atoms with E-state index in [9.17, 15) is 4.21 Å². The molecule has 0 aromatic carbocycles. The molecule has 0 N–H and O–H groups in total. The largest absolute Gasteiger partial charge is 0.453 e. The first-order valence-corrected chi connectivity index (χ1v) is 5.97. The quantitative estimate of drug-likeness (QED) is 0.662. The summed E-state index contributed by atoms with van der Waals surface area (Å²) >= 11 is 0. The molecule has 1 rings (SSSR count). The minimum Gasteiger partial charge on any atom is -0.453 e. The SMILES string of the molecule is C=S(C)(=O)c1ccc(C(C)C)o1. The van der Waals surface area contributed by atoms with E-state index in [1.54, 1.807) is 12.3 Å². The first-order chi connectivity index (χ1) is 5.41. The molecule has 1 heterocycles. The van der Waals surface area contributed by atoms with Crippen molar-refractivity contribution in [3.8, 4) is 0 Å². The number of hydrogen-bond donors (Lipinski definition) is 0. The average Bonchev–Trinajstić information content (AvgIpc) is 2.30. The molecule has 68 valence electrons. The van der Waals surface area contributed by atoms with Crippen molar-refractivity contribution >= 4 is 15.4 Å². The van der Waals surface area contributed by atoms with Crippen molar-refractivity contribution in [2.45, 2.75) is 24.9 Å². The molecule has 0 aliphatic heterocycles. The smallest absolute Gasteiger partial charge is 0.182 e. The maximum absolute atomic E-state index is 11.4. The molecule has 1 aromatic rings. The number of furan rings is 1. The van der Waals surface area contributed by atoms with Gasteiger partial charge >= 0.3 is 0 Å². The van der Waals surface area contributed by atoms with E-state index >= 15 is 0 Å². The molecular weight excluding hydrogens is 172 g/mol. The van der Waals surface area contributed by atoms with Crippen molar-refractivity contribution in [3.63, 3.8) is 0 Å². The molecule has 0 aliphatic carbocycles. The highest BCUT2D eigenvalue weighted by atomic mass is 32.2. The molecule has 0 bridgehead atoms. The van der Waals surface area contributed by atoms with E-state index in [-0.39, 0.29) is 0 Å². The second kappa shape index (κ2) is 2.98. The summed E-state index contributed by atoms with van der Waals surface area (Å²) in [5.74, 6) is 4.75. The molecule has 1 atom stereocenters. The molecular formula is C9H14O2S. The normalized spacial score (nSPS) is 16.3. The highest BCUT2D eigenvalue weighted by molar-refractivity contribution is 7.99. The summed E-state index contributed by atoms with van der Waals surface area (Å²) in [5.41, 5.74) is 0. The Balaban J connectivity index is 3.09. The standard InChI is InChI=1S/C9H14O2S/c1-7(2)8-5-6-9(11-8)12(3,4)10/h5-7H,3H2,1-2,4H3. The van der Waals surface area contributed by atoms with Gasteiger partial charge in [0, 0.05) is 21.7 Å². The number of hydrogen-bond acceptors (Lipinski definition) is 2. The predicted molar refractivity (Wildman–Crippen MR) is 52.3 cm³/mol. The molecule has 0 amide bonds. The van der Waals surface area contributed by atoms with Gasteiger partial charge in [-0.3, -0.25) is 4.21 Å². The van der Waals surface area contributed by atoms with E-state index in [0.717, 1.165) is 5.76 Å². The molecule has 0 saturated carbocycles. The Morgan fingerprint density at radius 2 is 2.08 bits per heavy atom. The highest BCUT2D eigenvalue weighted by Gasteiger charge is 2.09. The van der Waals surface area contributed by atoms with E-state index in [1.807, 2.05) is 19.9 Å². The fourth-order valence-corrected chi connectivity index (χ4v) is 1.51. The Bertz CT molecular complexity index is 358. The Morgan fingerprint density at radius 1 is 1.50 bits per heavy atom. The van der Waals surface area contributed by atoms with Crippen LogP contribution in [0.2, 0.25) is 0 Å². The summed E-state index contributed by atoms with van der Waals surface area (Å²) < 4.78 is 16.8. The van der Waals surface area contributed by atoms with Crippen LogP contribution in [0.25, 0.3) is 0 Å². The van der Waals surface area contributed by atoms with Crippen LogP contribution in [-0.2, 0) is 9.52 Å². The molecule has 12 heavy (non-hydrogen) atoms. The minimum absolute atomic E-state index is 0.334. The van der Waals surface area contributed by atoms with Crippen molar-refractivity contribution in [1.29, 1.82) is 0 Å². The molecule has 0 fully saturated rings. The van der Waals surface area contributed by atoms with E-state index in [1.165, 1.54) is 0 Å². The lowest BCUT2D eigenvalue weighted by molar-refractivity contribution is 0.410. The second-order valence-corrected chi connectivity index (χ2v) is 5.73. The van der Waals surface area contributed by atoms with Gasteiger partial charge in [0.05, 0.1) is 0 Å². The molecule has 3 heteroatoms. The average molecular weight is 186 g/mol. The number of rotatable bonds is 2. The first kappa shape index (κ1) is 9.39. The highest BCUT2D eigenvalue weighted by Crippen LogP contribution is 2.20. The van der Waals surface area contributed by atoms with Crippen LogP contribution in [0.3, 0.4) is 0 Å². The van der Waals surface area contributed by atoms with Crippen molar-refractivity contribution in [2.24, 2.45) is 0 Å². The van der Waals surface area contributed by atoms with Crippen molar-refractivity contribution in [1.82, 2.24) is 0 Å². The van der Waals surface area contributed by atoms with Crippen LogP contribution in [0, 0.1) is 0 Å². The van der Waals surface area contributed by atoms with Crippen molar-refractivity contribution in [2.75, 3.05) is 6.26 Å². The Labute approximate surface area is 73.6 Å².